The summed E-state index contributed by atoms with van der Waals surface area (Å²) in [5, 5.41) is 0.796. The van der Waals surface area contributed by atoms with Crippen molar-refractivity contribution in [2.24, 2.45) is 0 Å². The quantitative estimate of drug-likeness (QED) is 0.378. The van der Waals surface area contributed by atoms with Crippen molar-refractivity contribution < 1.29 is 8.42 Å². The molecule has 0 N–H and O–H groups in total. The second-order valence-electron chi connectivity index (χ2n) is 7.47. The summed E-state index contributed by atoms with van der Waals surface area (Å²) in [4.78, 5) is 4.55. The van der Waals surface area contributed by atoms with Crippen molar-refractivity contribution in [2.75, 3.05) is 6.54 Å². The zero-order valence-electron chi connectivity index (χ0n) is 17.5. The second kappa shape index (κ2) is 8.88. The number of aryl methyl sites for hydroxylation is 1. The molecule has 4 rings (SSSR count). The molecule has 0 unspecified atom stereocenters. The summed E-state index contributed by atoms with van der Waals surface area (Å²) < 4.78 is 30.8. The number of nitrogens with zero attached hydrogens (tertiary/aromatic N) is 3. The lowest BCUT2D eigenvalue weighted by atomic mass is 10.1. The molecule has 2 aromatic heterocycles. The number of aromatic nitrogens is 2. The lowest BCUT2D eigenvalue weighted by Crippen LogP contribution is -2.32. The summed E-state index contributed by atoms with van der Waals surface area (Å²) in [7, 11) is -3.78. The Labute approximate surface area is 183 Å². The van der Waals surface area contributed by atoms with Gasteiger partial charge >= 0.3 is 0 Å². The predicted octanol–water partition coefficient (Wildman–Crippen LogP) is 4.77. The van der Waals surface area contributed by atoms with Crippen molar-refractivity contribution in [2.45, 2.75) is 24.9 Å². The van der Waals surface area contributed by atoms with Crippen molar-refractivity contribution in [3.8, 4) is 0 Å². The van der Waals surface area contributed by atoms with Crippen LogP contribution in [0.3, 0.4) is 0 Å². The van der Waals surface area contributed by atoms with Gasteiger partial charge in [0.15, 0.2) is 0 Å². The van der Waals surface area contributed by atoms with Gasteiger partial charge in [0.25, 0.3) is 0 Å². The first kappa shape index (κ1) is 21.0. The zero-order chi connectivity index (χ0) is 21.8. The molecule has 2 heterocycles. The second-order valence-corrected chi connectivity index (χ2v) is 9.38. The van der Waals surface area contributed by atoms with E-state index in [0.29, 0.717) is 12.1 Å². The van der Waals surface area contributed by atoms with Crippen LogP contribution in [0.25, 0.3) is 10.9 Å². The van der Waals surface area contributed by atoms with E-state index in [2.05, 4.69) is 35.2 Å². The van der Waals surface area contributed by atoms with Crippen LogP contribution in [0.1, 0.15) is 16.8 Å². The molecule has 0 bridgehead atoms. The highest BCUT2D eigenvalue weighted by Crippen LogP contribution is 2.25. The predicted molar refractivity (Wildman–Crippen MR) is 124 cm³/mol. The SMILES string of the molecule is C=CCN(Cc1cccn1Cc1ccccc1C)S(=O)(=O)c1cccc2cccnc12. The summed E-state index contributed by atoms with van der Waals surface area (Å²) in [6, 6.07) is 21.0. The number of sulfonamides is 1. The van der Waals surface area contributed by atoms with Crippen LogP contribution in [0, 0.1) is 6.92 Å². The fourth-order valence-electron chi connectivity index (χ4n) is 3.71. The van der Waals surface area contributed by atoms with Crippen molar-refractivity contribution in [1.82, 2.24) is 13.9 Å². The monoisotopic (exact) mass is 431 g/mol. The number of para-hydroxylation sites is 1. The first-order valence-corrected chi connectivity index (χ1v) is 11.6. The van der Waals surface area contributed by atoms with Gasteiger partial charge in [0, 0.05) is 36.6 Å². The highest BCUT2D eigenvalue weighted by atomic mass is 32.2. The number of fused-ring (bicyclic) bond motifs is 1. The van der Waals surface area contributed by atoms with E-state index < -0.39 is 10.0 Å². The third-order valence-corrected chi connectivity index (χ3v) is 7.25. The van der Waals surface area contributed by atoms with E-state index in [9.17, 15) is 8.42 Å². The first-order valence-electron chi connectivity index (χ1n) is 10.1. The molecule has 2 aromatic carbocycles. The molecule has 6 heteroatoms. The molecule has 0 spiro atoms. The van der Waals surface area contributed by atoms with Crippen LogP contribution in [-0.4, -0.2) is 28.8 Å². The molecule has 0 amide bonds. The number of rotatable bonds is 8. The van der Waals surface area contributed by atoms with Crippen LogP contribution in [-0.2, 0) is 23.1 Å². The number of hydrogen-bond donors (Lipinski definition) is 0. The van der Waals surface area contributed by atoms with E-state index >= 15 is 0 Å². The maximum Gasteiger partial charge on any atom is 0.245 e. The Kier molecular flexibility index (Phi) is 6.02. The van der Waals surface area contributed by atoms with Gasteiger partial charge in [-0.05, 0) is 42.3 Å². The van der Waals surface area contributed by atoms with E-state index in [-0.39, 0.29) is 18.0 Å². The minimum Gasteiger partial charge on any atom is -0.346 e. The van der Waals surface area contributed by atoms with Gasteiger partial charge in [0.2, 0.25) is 10.0 Å². The Hall–Kier alpha value is -3.22. The minimum atomic E-state index is -3.78. The largest absolute Gasteiger partial charge is 0.346 e. The Bertz CT molecular complexity index is 1320. The fourth-order valence-corrected chi connectivity index (χ4v) is 5.26. The van der Waals surface area contributed by atoms with Gasteiger partial charge in [0.1, 0.15) is 4.90 Å². The van der Waals surface area contributed by atoms with Crippen molar-refractivity contribution in [1.29, 1.82) is 0 Å². The highest BCUT2D eigenvalue weighted by Gasteiger charge is 2.27. The normalized spacial score (nSPS) is 11.8. The Morgan fingerprint density at radius 1 is 1.03 bits per heavy atom. The Morgan fingerprint density at radius 3 is 2.65 bits per heavy atom. The van der Waals surface area contributed by atoms with Gasteiger partial charge in [-0.15, -0.1) is 6.58 Å². The molecule has 0 fully saturated rings. The van der Waals surface area contributed by atoms with E-state index in [1.54, 1.807) is 30.5 Å². The summed E-state index contributed by atoms with van der Waals surface area (Å²) >= 11 is 0. The van der Waals surface area contributed by atoms with Gasteiger partial charge in [-0.3, -0.25) is 4.98 Å². The van der Waals surface area contributed by atoms with E-state index in [1.807, 2.05) is 42.6 Å². The molecule has 31 heavy (non-hydrogen) atoms. The van der Waals surface area contributed by atoms with Gasteiger partial charge in [-0.2, -0.15) is 4.31 Å². The number of benzene rings is 2. The van der Waals surface area contributed by atoms with Crippen LogP contribution in [0.2, 0.25) is 0 Å². The van der Waals surface area contributed by atoms with Gasteiger partial charge < -0.3 is 4.57 Å². The summed E-state index contributed by atoms with van der Waals surface area (Å²) in [5.74, 6) is 0. The van der Waals surface area contributed by atoms with Crippen LogP contribution in [0.15, 0.2) is 96.7 Å². The molecule has 0 aliphatic heterocycles. The van der Waals surface area contributed by atoms with Crippen LogP contribution >= 0.6 is 0 Å². The highest BCUT2D eigenvalue weighted by molar-refractivity contribution is 7.89. The van der Waals surface area contributed by atoms with Crippen LogP contribution in [0.4, 0.5) is 0 Å². The third kappa shape index (κ3) is 4.31. The molecular formula is C25H25N3O2S. The molecule has 5 nitrogen and oxygen atoms in total. The smallest absolute Gasteiger partial charge is 0.245 e. The molecule has 4 aromatic rings. The Balaban J connectivity index is 1.69. The topological polar surface area (TPSA) is 55.2 Å². The lowest BCUT2D eigenvalue weighted by molar-refractivity contribution is 0.427. The molecule has 0 saturated heterocycles. The summed E-state index contributed by atoms with van der Waals surface area (Å²) in [5.41, 5.74) is 3.81. The average molecular weight is 432 g/mol. The summed E-state index contributed by atoms with van der Waals surface area (Å²) in [6.07, 6.45) is 5.22. The van der Waals surface area contributed by atoms with Crippen molar-refractivity contribution in [3.63, 3.8) is 0 Å². The number of hydrogen-bond acceptors (Lipinski definition) is 3. The van der Waals surface area contributed by atoms with Gasteiger partial charge in [0.05, 0.1) is 12.1 Å². The molecule has 0 aliphatic rings. The molecular weight excluding hydrogens is 406 g/mol. The standard InChI is InChI=1S/C25H25N3O2S/c1-3-16-28(31(29,30)24-14-6-11-21-12-7-15-26-25(21)24)19-23-13-8-17-27(23)18-22-10-5-4-9-20(22)2/h3-15,17H,1,16,18-19H2,2H3. The minimum absolute atomic E-state index is 0.209. The molecule has 0 aliphatic carbocycles. The molecule has 158 valence electrons. The summed E-state index contributed by atoms with van der Waals surface area (Å²) in [6.45, 7) is 7.00. The molecule has 0 radical (unpaired) electrons. The van der Waals surface area contributed by atoms with E-state index in [1.165, 1.54) is 15.4 Å². The third-order valence-electron chi connectivity index (χ3n) is 5.41. The molecule has 0 saturated carbocycles. The van der Waals surface area contributed by atoms with E-state index in [0.717, 1.165) is 11.1 Å². The molecule has 0 atom stereocenters. The fraction of sp³-hybridized carbons (Fsp3) is 0.160. The maximum atomic E-state index is 13.6. The van der Waals surface area contributed by atoms with E-state index in [4.69, 9.17) is 0 Å². The van der Waals surface area contributed by atoms with Crippen molar-refractivity contribution in [3.05, 3.63) is 109 Å². The maximum absolute atomic E-state index is 13.6. The zero-order valence-corrected chi connectivity index (χ0v) is 18.3. The van der Waals surface area contributed by atoms with Crippen molar-refractivity contribution >= 4 is 20.9 Å². The van der Waals surface area contributed by atoms with Gasteiger partial charge in [-0.25, -0.2) is 8.42 Å². The number of pyridine rings is 1. The Morgan fingerprint density at radius 2 is 1.84 bits per heavy atom. The van der Waals surface area contributed by atoms with Gasteiger partial charge in [-0.1, -0.05) is 48.5 Å². The lowest BCUT2D eigenvalue weighted by Gasteiger charge is -2.22. The van der Waals surface area contributed by atoms with Crippen LogP contribution in [0.5, 0.6) is 0 Å². The average Bonchev–Trinajstić information content (AvgIpc) is 3.21. The first-order chi connectivity index (χ1) is 15.0. The van der Waals surface area contributed by atoms with Crippen LogP contribution < -0.4 is 0 Å².